The average Bonchev–Trinajstić information content (AvgIpc) is 3.14. The summed E-state index contributed by atoms with van der Waals surface area (Å²) >= 11 is 0. The zero-order valence-electron chi connectivity index (χ0n) is 17.0. The fourth-order valence-corrected chi connectivity index (χ4v) is 4.23. The number of nitrogens with zero attached hydrogens (tertiary/aromatic N) is 4. The Morgan fingerprint density at radius 3 is 2.80 bits per heavy atom. The Hall–Kier alpha value is -2.68. The predicted octanol–water partition coefficient (Wildman–Crippen LogP) is 3.85. The number of fused-ring (bicyclic) bond motifs is 1. The summed E-state index contributed by atoms with van der Waals surface area (Å²) in [5, 5.41) is 3.91. The molecule has 0 aromatic carbocycles. The maximum atomic E-state index is 13.4. The number of pyridine rings is 2. The lowest BCUT2D eigenvalue weighted by molar-refractivity contribution is -0.136. The number of likely N-dealkylation sites (tertiary alicyclic amines) is 1. The normalized spacial score (nSPS) is 18.2. The highest BCUT2D eigenvalue weighted by Crippen LogP contribution is 2.34. The van der Waals surface area contributed by atoms with E-state index in [0.29, 0.717) is 5.69 Å². The largest absolute Gasteiger partial charge is 0.417 e. The van der Waals surface area contributed by atoms with Crippen LogP contribution >= 0.6 is 0 Å². The maximum Gasteiger partial charge on any atom is 0.417 e. The topological polar surface area (TPSA) is 66.8 Å². The van der Waals surface area contributed by atoms with E-state index < -0.39 is 22.7 Å². The van der Waals surface area contributed by atoms with Crippen molar-refractivity contribution in [2.24, 2.45) is 0 Å². The molecule has 0 bridgehead atoms. The summed E-state index contributed by atoms with van der Waals surface area (Å²) in [4.78, 5) is 21.8. The van der Waals surface area contributed by atoms with Gasteiger partial charge in [-0.3, -0.25) is 19.4 Å². The Labute approximate surface area is 171 Å². The second kappa shape index (κ2) is 7.86. The molecule has 9 heteroatoms. The Bertz CT molecular complexity index is 1120. The number of halogens is 3. The molecule has 1 aliphatic rings. The van der Waals surface area contributed by atoms with Crippen LogP contribution in [0.2, 0.25) is 0 Å². The molecule has 1 aliphatic heterocycles. The molecular formula is C21H24F3N5O. The van der Waals surface area contributed by atoms with E-state index >= 15 is 0 Å². The number of rotatable bonds is 4. The predicted molar refractivity (Wildman–Crippen MR) is 107 cm³/mol. The van der Waals surface area contributed by atoms with E-state index in [4.69, 9.17) is 0 Å². The first-order valence-corrected chi connectivity index (χ1v) is 10.1. The average molecular weight is 419 g/mol. The lowest BCUT2D eigenvalue weighted by Crippen LogP contribution is -2.34. The van der Waals surface area contributed by atoms with E-state index in [9.17, 15) is 18.0 Å². The Morgan fingerprint density at radius 2 is 2.10 bits per heavy atom. The van der Waals surface area contributed by atoms with E-state index in [2.05, 4.69) is 20.0 Å². The third-order valence-corrected chi connectivity index (χ3v) is 5.62. The summed E-state index contributed by atoms with van der Waals surface area (Å²) in [7, 11) is 0. The lowest BCUT2D eigenvalue weighted by atomic mass is 9.93. The lowest BCUT2D eigenvalue weighted by Gasteiger charge is -2.32. The van der Waals surface area contributed by atoms with Crippen molar-refractivity contribution in [2.75, 3.05) is 13.1 Å². The molecule has 1 N–H and O–H groups in total. The number of H-pyrrole nitrogens is 1. The molecule has 1 saturated heterocycles. The van der Waals surface area contributed by atoms with Gasteiger partial charge in [-0.2, -0.15) is 18.3 Å². The summed E-state index contributed by atoms with van der Waals surface area (Å²) in [6.45, 7) is 6.76. The third kappa shape index (κ3) is 4.12. The minimum Gasteiger partial charge on any atom is -0.325 e. The van der Waals surface area contributed by atoms with Crippen LogP contribution < -0.4 is 5.56 Å². The molecule has 6 nitrogen and oxygen atoms in total. The Balaban J connectivity index is 1.63. The van der Waals surface area contributed by atoms with Gasteiger partial charge in [0.25, 0.3) is 5.56 Å². The van der Waals surface area contributed by atoms with Crippen LogP contribution in [0.4, 0.5) is 13.2 Å². The summed E-state index contributed by atoms with van der Waals surface area (Å²) in [5.74, 6) is 0.0359. The smallest absolute Gasteiger partial charge is 0.325 e. The highest BCUT2D eigenvalue weighted by atomic mass is 19.4. The quantitative estimate of drug-likeness (QED) is 0.698. The van der Waals surface area contributed by atoms with Gasteiger partial charge in [-0.1, -0.05) is 0 Å². The first-order chi connectivity index (χ1) is 14.2. The van der Waals surface area contributed by atoms with Crippen molar-refractivity contribution < 1.29 is 13.2 Å². The molecule has 0 saturated carbocycles. The van der Waals surface area contributed by atoms with Gasteiger partial charge in [0.15, 0.2) is 0 Å². The molecule has 3 aromatic heterocycles. The molecule has 0 radical (unpaired) electrons. The van der Waals surface area contributed by atoms with Crippen LogP contribution in [0.15, 0.2) is 29.3 Å². The molecule has 0 amide bonds. The van der Waals surface area contributed by atoms with Crippen LogP contribution in [0.5, 0.6) is 0 Å². The van der Waals surface area contributed by atoms with E-state index in [0.717, 1.165) is 50.7 Å². The molecular weight excluding hydrogens is 395 g/mol. The standard InChI is InChI=1S/C21H24F3N5O/c1-3-29-11-14(9-25-29)10-28-6-4-5-15(12-28)17-8-18-19(20(30)27-17)16(21(22,23)24)7-13(2)26-18/h7-9,11,15H,3-6,10,12H2,1-2H3,(H,27,30)/t15-/m1/s1. The number of nitrogens with one attached hydrogen (secondary N) is 1. The first-order valence-electron chi connectivity index (χ1n) is 10.1. The van der Waals surface area contributed by atoms with E-state index in [1.54, 1.807) is 6.07 Å². The van der Waals surface area contributed by atoms with E-state index in [-0.39, 0.29) is 17.1 Å². The number of hydrogen-bond donors (Lipinski definition) is 1. The van der Waals surface area contributed by atoms with Crippen LogP contribution in [-0.4, -0.2) is 37.7 Å². The van der Waals surface area contributed by atoms with Gasteiger partial charge in [0.2, 0.25) is 0 Å². The van der Waals surface area contributed by atoms with Crippen LogP contribution in [0.3, 0.4) is 0 Å². The van der Waals surface area contributed by atoms with Gasteiger partial charge in [-0.15, -0.1) is 0 Å². The Kier molecular flexibility index (Phi) is 5.40. The van der Waals surface area contributed by atoms with Gasteiger partial charge in [0.05, 0.1) is 22.7 Å². The van der Waals surface area contributed by atoms with Gasteiger partial charge in [-0.05, 0) is 45.4 Å². The second-order valence-corrected chi connectivity index (χ2v) is 7.90. The molecule has 30 heavy (non-hydrogen) atoms. The minimum atomic E-state index is -4.61. The molecule has 0 aliphatic carbocycles. The first kappa shape index (κ1) is 20.6. The van der Waals surface area contributed by atoms with Gasteiger partial charge in [0.1, 0.15) is 0 Å². The summed E-state index contributed by atoms with van der Waals surface area (Å²) in [6, 6.07) is 2.54. The summed E-state index contributed by atoms with van der Waals surface area (Å²) < 4.78 is 42.2. The van der Waals surface area contributed by atoms with Crippen LogP contribution in [-0.2, 0) is 19.3 Å². The zero-order chi connectivity index (χ0) is 21.5. The molecule has 1 fully saturated rings. The van der Waals surface area contributed by atoms with E-state index in [1.807, 2.05) is 24.0 Å². The highest BCUT2D eigenvalue weighted by Gasteiger charge is 2.35. The number of aromatic nitrogens is 4. The van der Waals surface area contributed by atoms with Crippen molar-refractivity contribution in [1.29, 1.82) is 0 Å². The van der Waals surface area contributed by atoms with Crippen molar-refractivity contribution >= 4 is 10.9 Å². The Morgan fingerprint density at radius 1 is 1.30 bits per heavy atom. The van der Waals surface area contributed by atoms with E-state index in [1.165, 1.54) is 6.92 Å². The molecule has 0 unspecified atom stereocenters. The molecule has 160 valence electrons. The van der Waals surface area contributed by atoms with Crippen molar-refractivity contribution in [1.82, 2.24) is 24.6 Å². The van der Waals surface area contributed by atoms with Gasteiger partial charge in [0, 0.05) is 48.7 Å². The van der Waals surface area contributed by atoms with Gasteiger partial charge in [-0.25, -0.2) is 0 Å². The monoisotopic (exact) mass is 419 g/mol. The highest BCUT2D eigenvalue weighted by molar-refractivity contribution is 5.82. The van der Waals surface area contributed by atoms with Crippen LogP contribution in [0, 0.1) is 6.92 Å². The number of hydrogen-bond acceptors (Lipinski definition) is 4. The number of alkyl halides is 3. The van der Waals surface area contributed by atoms with Crippen molar-refractivity contribution in [3.05, 3.63) is 57.4 Å². The second-order valence-electron chi connectivity index (χ2n) is 7.90. The molecule has 4 heterocycles. The van der Waals surface area contributed by atoms with Crippen LogP contribution in [0.25, 0.3) is 10.9 Å². The number of aromatic amines is 1. The maximum absolute atomic E-state index is 13.4. The zero-order valence-corrected chi connectivity index (χ0v) is 17.0. The van der Waals surface area contributed by atoms with Gasteiger partial charge < -0.3 is 4.98 Å². The fraction of sp³-hybridized carbons (Fsp3) is 0.476. The number of piperidine rings is 1. The molecule has 4 rings (SSSR count). The molecule has 1 atom stereocenters. The van der Waals surface area contributed by atoms with Crippen molar-refractivity contribution in [2.45, 2.75) is 51.9 Å². The third-order valence-electron chi connectivity index (χ3n) is 5.62. The molecule has 3 aromatic rings. The van der Waals surface area contributed by atoms with Crippen molar-refractivity contribution in [3.8, 4) is 0 Å². The van der Waals surface area contributed by atoms with Crippen LogP contribution in [0.1, 0.15) is 48.2 Å². The summed E-state index contributed by atoms with van der Waals surface area (Å²) in [6.07, 6.45) is 1.08. The number of aryl methyl sites for hydroxylation is 2. The SMILES string of the molecule is CCn1cc(CN2CCC[C@@H](c3cc4nc(C)cc(C(F)(F)F)c4c(=O)[nH]3)C2)cn1. The summed E-state index contributed by atoms with van der Waals surface area (Å²) in [5.41, 5.74) is 0.441. The minimum absolute atomic E-state index is 0.0359. The van der Waals surface area contributed by atoms with Crippen molar-refractivity contribution in [3.63, 3.8) is 0 Å². The molecule has 0 spiro atoms. The van der Waals surface area contributed by atoms with Gasteiger partial charge >= 0.3 is 6.18 Å². The fourth-order valence-electron chi connectivity index (χ4n) is 4.23.